The Bertz CT molecular complexity index is 1940. The average Bonchev–Trinajstić information content (AvgIpc) is 3.50. The number of hydrogen-bond donors (Lipinski definition) is 1. The molecule has 0 radical (unpaired) electrons. The van der Waals surface area contributed by atoms with Gasteiger partial charge in [-0.3, -0.25) is 19.0 Å². The molecule has 2 amide bonds. The van der Waals surface area contributed by atoms with Gasteiger partial charge in [0.05, 0.1) is 10.4 Å². The van der Waals surface area contributed by atoms with Crippen molar-refractivity contribution in [2.45, 2.75) is 110 Å². The number of nitrogens with zero attached hydrogens (tertiary/aromatic N) is 3. The molecule has 3 heterocycles. The van der Waals surface area contributed by atoms with Gasteiger partial charge in [0.1, 0.15) is 11.5 Å². The number of benzene rings is 1. The van der Waals surface area contributed by atoms with Crippen LogP contribution in [0.15, 0.2) is 94.0 Å². The summed E-state index contributed by atoms with van der Waals surface area (Å²) in [6.07, 6.45) is 16.8. The van der Waals surface area contributed by atoms with E-state index in [1.165, 1.54) is 12.1 Å². The number of fused-ring (bicyclic) bond motifs is 2. The normalized spacial score (nSPS) is 22.1. The first-order chi connectivity index (χ1) is 24.8. The van der Waals surface area contributed by atoms with Crippen LogP contribution in [0.4, 0.5) is 5.69 Å². The number of amides is 2. The summed E-state index contributed by atoms with van der Waals surface area (Å²) in [7, 11) is -4.42. The molecule has 1 fully saturated rings. The Hall–Kier alpha value is -4.26. The fraction of sp³-hybridized carbons (Fsp3) is 0.488. The molecule has 1 aromatic rings. The summed E-state index contributed by atoms with van der Waals surface area (Å²) >= 11 is 0. The third-order valence-corrected chi connectivity index (χ3v) is 11.3. The summed E-state index contributed by atoms with van der Waals surface area (Å²) < 4.78 is 40.7. The molecule has 1 atom stereocenters. The smallest absolute Gasteiger partial charge is 0.333 e. The van der Waals surface area contributed by atoms with Crippen LogP contribution in [0.5, 0.6) is 0 Å². The lowest BCUT2D eigenvalue weighted by Crippen LogP contribution is -2.44. The minimum Gasteiger partial charge on any atom is -0.461 e. The van der Waals surface area contributed by atoms with Crippen LogP contribution in [-0.4, -0.2) is 65.9 Å². The molecule has 53 heavy (non-hydrogen) atoms. The van der Waals surface area contributed by atoms with E-state index in [2.05, 4.69) is 87.8 Å². The Kier molecular flexibility index (Phi) is 11.5. The zero-order valence-corrected chi connectivity index (χ0v) is 33.0. The monoisotopic (exact) mass is 747 g/mol. The van der Waals surface area contributed by atoms with Crippen LogP contribution in [0, 0.1) is 5.41 Å². The van der Waals surface area contributed by atoms with E-state index in [0.29, 0.717) is 30.9 Å². The lowest BCUT2D eigenvalue weighted by atomic mass is 9.83. The second kappa shape index (κ2) is 15.2. The second-order valence-corrected chi connectivity index (χ2v) is 17.1. The summed E-state index contributed by atoms with van der Waals surface area (Å²) in [5, 5.41) is 0.568. The van der Waals surface area contributed by atoms with Crippen LogP contribution in [0.1, 0.15) is 99.5 Å². The van der Waals surface area contributed by atoms with E-state index >= 15 is 0 Å². The van der Waals surface area contributed by atoms with E-state index < -0.39 is 33.3 Å². The fourth-order valence-electron chi connectivity index (χ4n) is 7.34. The van der Waals surface area contributed by atoms with E-state index in [9.17, 15) is 27.4 Å². The Morgan fingerprint density at radius 3 is 2.36 bits per heavy atom. The molecule has 11 nitrogen and oxygen atoms in total. The predicted molar refractivity (Wildman–Crippen MR) is 204 cm³/mol. The van der Waals surface area contributed by atoms with Crippen molar-refractivity contribution >= 4 is 33.6 Å². The van der Waals surface area contributed by atoms with Crippen molar-refractivity contribution in [1.29, 1.82) is 0 Å². The lowest BCUT2D eigenvalue weighted by molar-refractivity contribution is -0.197. The number of imide groups is 1. The van der Waals surface area contributed by atoms with Gasteiger partial charge in [-0.15, -0.1) is 5.06 Å². The number of unbranched alkanes of at least 4 members (excludes halogenated alkanes) is 2. The van der Waals surface area contributed by atoms with Gasteiger partial charge >= 0.3 is 5.97 Å². The van der Waals surface area contributed by atoms with Crippen LogP contribution >= 0.6 is 0 Å². The first-order valence-corrected chi connectivity index (χ1v) is 19.9. The Labute approximate surface area is 314 Å². The summed E-state index contributed by atoms with van der Waals surface area (Å²) in [6, 6.07) is 4.68. The molecule has 0 spiro atoms. The molecule has 4 aliphatic rings. The first kappa shape index (κ1) is 39.9. The highest BCUT2D eigenvalue weighted by Gasteiger charge is 2.41. The Morgan fingerprint density at radius 2 is 1.74 bits per heavy atom. The number of allylic oxidation sites excluding steroid dienone is 8. The summed E-state index contributed by atoms with van der Waals surface area (Å²) in [5.74, 6) is 0.0630. The molecule has 1 saturated heterocycles. The molecule has 1 aromatic carbocycles. The van der Waals surface area contributed by atoms with Gasteiger partial charge in [0.25, 0.3) is 21.9 Å². The number of hydroxylamine groups is 2. The zero-order chi connectivity index (χ0) is 38.9. The largest absolute Gasteiger partial charge is 0.461 e. The van der Waals surface area contributed by atoms with Crippen molar-refractivity contribution in [2.24, 2.45) is 5.41 Å². The molecule has 0 saturated carbocycles. The summed E-state index contributed by atoms with van der Waals surface area (Å²) in [6.45, 7) is 19.4. The van der Waals surface area contributed by atoms with Crippen molar-refractivity contribution in [3.05, 3.63) is 94.7 Å². The number of carbonyl (C=O) groups is 3. The minimum atomic E-state index is -4.42. The van der Waals surface area contributed by atoms with E-state index in [0.717, 1.165) is 52.7 Å². The lowest BCUT2D eigenvalue weighted by Gasteiger charge is -2.40. The SMILES string of the molecule is CCN(CC)C1(C)C=CC2=C(/C=C/C=C3/N(CCCCCC(=O)ON4C(=O)CCC4=O)c4ccc(S(=O)(=O)O)cc4C3(C)C)C=C(C(C)(C)C)OC2=C1. The maximum absolute atomic E-state index is 12.3. The van der Waals surface area contributed by atoms with Crippen LogP contribution in [0.3, 0.4) is 0 Å². The van der Waals surface area contributed by atoms with Gasteiger partial charge in [0.2, 0.25) is 0 Å². The number of rotatable bonds is 13. The minimum absolute atomic E-state index is 0.0456. The van der Waals surface area contributed by atoms with Gasteiger partial charge in [-0.1, -0.05) is 79.2 Å². The highest BCUT2D eigenvalue weighted by molar-refractivity contribution is 7.85. The molecule has 0 aromatic heterocycles. The van der Waals surface area contributed by atoms with Gasteiger partial charge in [-0.05, 0) is 80.4 Å². The van der Waals surface area contributed by atoms with Crippen LogP contribution in [0.25, 0.3) is 0 Å². The summed E-state index contributed by atoms with van der Waals surface area (Å²) in [4.78, 5) is 45.3. The molecule has 286 valence electrons. The second-order valence-electron chi connectivity index (χ2n) is 15.7. The van der Waals surface area contributed by atoms with Crippen molar-refractivity contribution in [1.82, 2.24) is 9.96 Å². The zero-order valence-electron chi connectivity index (χ0n) is 32.2. The number of ether oxygens (including phenoxy) is 1. The molecular weight excluding hydrogens is 695 g/mol. The quantitative estimate of drug-likeness (QED) is 0.123. The predicted octanol–water partition coefficient (Wildman–Crippen LogP) is 7.45. The van der Waals surface area contributed by atoms with Crippen molar-refractivity contribution in [3.63, 3.8) is 0 Å². The van der Waals surface area contributed by atoms with Gasteiger partial charge in [-0.2, -0.15) is 8.42 Å². The molecule has 5 rings (SSSR count). The van der Waals surface area contributed by atoms with Crippen LogP contribution < -0.4 is 4.90 Å². The average molecular weight is 748 g/mol. The molecule has 1 aliphatic carbocycles. The number of anilines is 1. The van der Waals surface area contributed by atoms with Gasteiger partial charge in [0.15, 0.2) is 0 Å². The number of hydrogen-bond acceptors (Lipinski definition) is 9. The summed E-state index contributed by atoms with van der Waals surface area (Å²) in [5.41, 5.74) is 3.45. The maximum atomic E-state index is 12.3. The standard InChI is InChI=1S/C41H53N3O8S/c1-9-42(10-2)41(8)23-22-30-28(25-35(39(3,4)5)51-33(30)27-41)15-14-16-34-40(6,7)31-26-29(53(48,49)50)18-19-32(31)43(34)24-13-11-12-17-38(47)52-44-36(45)20-21-37(44)46/h14-16,18-19,22-23,25-27H,9-13,17,20-21,24H2,1-8H3,(H,48,49,50)/b15-14+,34-16+. The Morgan fingerprint density at radius 1 is 1.06 bits per heavy atom. The third kappa shape index (κ3) is 8.45. The van der Waals surface area contributed by atoms with Crippen molar-refractivity contribution in [2.75, 3.05) is 24.5 Å². The maximum Gasteiger partial charge on any atom is 0.333 e. The highest BCUT2D eigenvalue weighted by atomic mass is 32.2. The van der Waals surface area contributed by atoms with E-state index in [4.69, 9.17) is 9.57 Å². The third-order valence-electron chi connectivity index (χ3n) is 10.4. The molecule has 1 N–H and O–H groups in total. The topological polar surface area (TPSA) is 134 Å². The molecule has 0 bridgehead atoms. The highest BCUT2D eigenvalue weighted by Crippen LogP contribution is 2.49. The van der Waals surface area contributed by atoms with Crippen molar-refractivity contribution < 1.29 is 36.9 Å². The molecule has 12 heteroatoms. The fourth-order valence-corrected chi connectivity index (χ4v) is 7.85. The van der Waals surface area contributed by atoms with Crippen LogP contribution in [0.2, 0.25) is 0 Å². The van der Waals surface area contributed by atoms with Gasteiger partial charge in [0, 0.05) is 53.6 Å². The van der Waals surface area contributed by atoms with Gasteiger partial charge < -0.3 is 14.5 Å². The van der Waals surface area contributed by atoms with E-state index in [1.807, 2.05) is 19.9 Å². The molecule has 3 aliphatic heterocycles. The first-order valence-electron chi connectivity index (χ1n) is 18.5. The molecular formula is C41H53N3O8S. The van der Waals surface area contributed by atoms with Gasteiger partial charge in [-0.25, -0.2) is 4.79 Å². The van der Waals surface area contributed by atoms with Crippen LogP contribution in [-0.2, 0) is 39.5 Å². The Balaban J connectivity index is 1.41. The number of carbonyl (C=O) groups excluding carboxylic acids is 3. The van der Waals surface area contributed by atoms with E-state index in [1.54, 1.807) is 6.07 Å². The number of likely N-dealkylation sites (N-methyl/N-ethyl adjacent to an activating group) is 1. The van der Waals surface area contributed by atoms with E-state index in [-0.39, 0.29) is 35.1 Å². The van der Waals surface area contributed by atoms with Crippen molar-refractivity contribution in [3.8, 4) is 0 Å². The molecule has 1 unspecified atom stereocenters.